The van der Waals surface area contributed by atoms with Crippen molar-refractivity contribution in [3.05, 3.63) is 18.2 Å². The topological polar surface area (TPSA) is 156 Å². The highest BCUT2D eigenvalue weighted by molar-refractivity contribution is 5.78. The van der Waals surface area contributed by atoms with E-state index in [1.165, 1.54) is 4.68 Å². The number of aromatic nitrogens is 4. The zero-order valence-corrected chi connectivity index (χ0v) is 19.5. The van der Waals surface area contributed by atoms with Gasteiger partial charge in [-0.25, -0.2) is 0 Å². The van der Waals surface area contributed by atoms with Gasteiger partial charge in [-0.3, -0.25) is 9.59 Å². The van der Waals surface area contributed by atoms with Gasteiger partial charge in [-0.05, 0) is 40.8 Å². The van der Waals surface area contributed by atoms with Crippen molar-refractivity contribution in [1.29, 1.82) is 0 Å². The number of nitrogens with one attached hydrogen (secondary N) is 1. The second-order valence-electron chi connectivity index (χ2n) is 9.81. The van der Waals surface area contributed by atoms with Crippen molar-refractivity contribution in [2.45, 2.75) is 62.8 Å². The van der Waals surface area contributed by atoms with Crippen LogP contribution in [0.4, 0.5) is 0 Å². The summed E-state index contributed by atoms with van der Waals surface area (Å²) in [5.41, 5.74) is -0.471. The van der Waals surface area contributed by atoms with Crippen LogP contribution in [0.2, 0.25) is 0 Å². The van der Waals surface area contributed by atoms with Crippen LogP contribution in [-0.2, 0) is 19.1 Å². The van der Waals surface area contributed by atoms with Crippen LogP contribution in [0.3, 0.4) is 0 Å². The van der Waals surface area contributed by atoms with Crippen molar-refractivity contribution in [3.8, 4) is 23.3 Å². The van der Waals surface area contributed by atoms with Gasteiger partial charge in [-0.2, -0.15) is 4.68 Å². The van der Waals surface area contributed by atoms with Crippen molar-refractivity contribution in [3.63, 3.8) is 0 Å². The molecule has 3 fully saturated rings. The molecule has 1 amide bonds. The minimum absolute atomic E-state index is 0.0116. The van der Waals surface area contributed by atoms with Crippen LogP contribution in [0, 0.1) is 5.41 Å². The maximum absolute atomic E-state index is 12.9. The first-order valence-corrected chi connectivity index (χ1v) is 12.1. The van der Waals surface area contributed by atoms with Crippen LogP contribution < -0.4 is 19.5 Å². The number of ether oxygens (including phenoxy) is 5. The Hall–Kier alpha value is -3.45. The molecule has 0 bridgehead atoms. The van der Waals surface area contributed by atoms with Crippen LogP contribution in [0.1, 0.15) is 44.6 Å². The van der Waals surface area contributed by atoms with Crippen molar-refractivity contribution in [2.24, 2.45) is 5.41 Å². The Morgan fingerprint density at radius 1 is 1.11 bits per heavy atom. The molecule has 3 aliphatic heterocycles. The van der Waals surface area contributed by atoms with E-state index < -0.39 is 11.4 Å². The Labute approximate surface area is 206 Å². The maximum atomic E-state index is 12.9. The number of carboxylic acid groups (broad SMARTS) is 1. The van der Waals surface area contributed by atoms with Crippen LogP contribution in [-0.4, -0.2) is 75.4 Å². The average Bonchev–Trinajstić information content (AvgIpc) is 3.64. The van der Waals surface area contributed by atoms with Gasteiger partial charge in [0.05, 0.1) is 25.7 Å². The maximum Gasteiger partial charge on any atom is 0.341 e. The zero-order valence-electron chi connectivity index (χ0n) is 19.5. The van der Waals surface area contributed by atoms with Gasteiger partial charge in [0.25, 0.3) is 0 Å². The lowest BCUT2D eigenvalue weighted by molar-refractivity contribution is -0.140. The smallest absolute Gasteiger partial charge is 0.341 e. The summed E-state index contributed by atoms with van der Waals surface area (Å²) in [6.45, 7) is 0.728. The highest BCUT2D eigenvalue weighted by atomic mass is 16.7. The van der Waals surface area contributed by atoms with Crippen molar-refractivity contribution < 1.29 is 38.4 Å². The second kappa shape index (κ2) is 9.21. The highest BCUT2D eigenvalue weighted by Crippen LogP contribution is 2.44. The van der Waals surface area contributed by atoms with E-state index >= 15 is 0 Å². The molecule has 1 aromatic heterocycles. The molecule has 1 aromatic carbocycles. The molecule has 13 heteroatoms. The number of carbonyl (C=O) groups is 2. The molecule has 13 nitrogen and oxygen atoms in total. The highest BCUT2D eigenvalue weighted by Gasteiger charge is 2.50. The van der Waals surface area contributed by atoms with Gasteiger partial charge >= 0.3 is 12.0 Å². The predicted molar refractivity (Wildman–Crippen MR) is 119 cm³/mol. The first-order chi connectivity index (χ1) is 17.5. The lowest BCUT2D eigenvalue weighted by Gasteiger charge is -2.27. The first-order valence-electron chi connectivity index (χ1n) is 12.1. The lowest BCUT2D eigenvalue weighted by atomic mass is 9.79. The molecule has 4 atom stereocenters. The fourth-order valence-electron chi connectivity index (χ4n) is 5.78. The van der Waals surface area contributed by atoms with E-state index in [4.69, 9.17) is 23.7 Å². The number of nitrogens with zero attached hydrogens (tertiary/aromatic N) is 4. The Bertz CT molecular complexity index is 1150. The van der Waals surface area contributed by atoms with Crippen molar-refractivity contribution in [1.82, 2.24) is 25.5 Å². The molecule has 4 aliphatic rings. The minimum atomic E-state index is -0.865. The number of aliphatic carboxylic acids is 1. The van der Waals surface area contributed by atoms with E-state index in [0.29, 0.717) is 17.2 Å². The largest absolute Gasteiger partial charge is 0.481 e. The number of carboxylic acids is 1. The predicted octanol–water partition coefficient (Wildman–Crippen LogP) is 1.44. The third-order valence-electron chi connectivity index (χ3n) is 7.43. The van der Waals surface area contributed by atoms with Crippen molar-refractivity contribution >= 4 is 11.9 Å². The molecular formula is C23H27N5O8. The third kappa shape index (κ3) is 4.32. The number of tetrazole rings is 1. The summed E-state index contributed by atoms with van der Waals surface area (Å²) in [5, 5.41) is 24.2. The fraction of sp³-hybridized carbons (Fsp3) is 0.609. The summed E-state index contributed by atoms with van der Waals surface area (Å²) < 4.78 is 30.2. The van der Waals surface area contributed by atoms with E-state index in [9.17, 15) is 14.7 Å². The molecule has 2 aromatic rings. The summed E-state index contributed by atoms with van der Waals surface area (Å²) in [5.74, 6) is 0.676. The van der Waals surface area contributed by atoms with E-state index in [1.807, 2.05) is 0 Å². The Morgan fingerprint density at radius 2 is 1.92 bits per heavy atom. The minimum Gasteiger partial charge on any atom is -0.481 e. The Morgan fingerprint density at radius 3 is 2.75 bits per heavy atom. The van der Waals surface area contributed by atoms with Gasteiger partial charge in [0.15, 0.2) is 11.5 Å². The normalized spacial score (nSPS) is 27.7. The number of amides is 1. The van der Waals surface area contributed by atoms with Gasteiger partial charge in [0.1, 0.15) is 24.0 Å². The Kier molecular flexibility index (Phi) is 5.88. The molecule has 0 radical (unpaired) electrons. The number of hydrogen-bond donors (Lipinski definition) is 2. The Balaban J connectivity index is 1.10. The first kappa shape index (κ1) is 23.0. The third-order valence-corrected chi connectivity index (χ3v) is 7.43. The summed E-state index contributed by atoms with van der Waals surface area (Å²) in [6, 6.07) is 4.68. The quantitative estimate of drug-likeness (QED) is 0.539. The van der Waals surface area contributed by atoms with Gasteiger partial charge in [0, 0.05) is 12.5 Å². The summed E-state index contributed by atoms with van der Waals surface area (Å²) >= 11 is 0. The molecule has 2 saturated heterocycles. The molecular weight excluding hydrogens is 474 g/mol. The summed E-state index contributed by atoms with van der Waals surface area (Å²) in [6.07, 6.45) is 2.86. The van der Waals surface area contributed by atoms with E-state index in [0.717, 1.165) is 25.7 Å². The number of benzene rings is 1. The van der Waals surface area contributed by atoms with Crippen LogP contribution >= 0.6 is 0 Å². The van der Waals surface area contributed by atoms with E-state index in [-0.39, 0.29) is 69.1 Å². The van der Waals surface area contributed by atoms with Crippen molar-refractivity contribution in [2.75, 3.05) is 20.0 Å². The average molecular weight is 501 g/mol. The molecule has 0 spiro atoms. The second-order valence-corrected chi connectivity index (χ2v) is 9.81. The van der Waals surface area contributed by atoms with Gasteiger partial charge in [0.2, 0.25) is 12.7 Å². The van der Waals surface area contributed by atoms with E-state index in [2.05, 4.69) is 20.8 Å². The molecule has 1 saturated carbocycles. The van der Waals surface area contributed by atoms with E-state index in [1.54, 1.807) is 18.2 Å². The van der Waals surface area contributed by atoms with Gasteiger partial charge < -0.3 is 34.1 Å². The molecule has 0 unspecified atom stereocenters. The summed E-state index contributed by atoms with van der Waals surface area (Å²) in [7, 11) is 0. The SMILES string of the molecule is O=C(O)CC1(CC(=O)N[C@H]2CO[C@H]3[C@H]2OC[C@H]3n2nnnc2Oc2ccc3c(c2)OCO3)CCCC1. The number of rotatable bonds is 8. The molecule has 1 aliphatic carbocycles. The molecule has 36 heavy (non-hydrogen) atoms. The molecule has 2 N–H and O–H groups in total. The molecule has 4 heterocycles. The van der Waals surface area contributed by atoms with Crippen LogP contribution in [0.25, 0.3) is 0 Å². The van der Waals surface area contributed by atoms with Crippen LogP contribution in [0.15, 0.2) is 18.2 Å². The number of hydrogen-bond acceptors (Lipinski definition) is 10. The van der Waals surface area contributed by atoms with Gasteiger partial charge in [-0.15, -0.1) is 0 Å². The van der Waals surface area contributed by atoms with Crippen LogP contribution in [0.5, 0.6) is 23.3 Å². The lowest BCUT2D eigenvalue weighted by Crippen LogP contribution is -2.45. The summed E-state index contributed by atoms with van der Waals surface area (Å²) in [4.78, 5) is 24.3. The monoisotopic (exact) mass is 501 g/mol. The number of carbonyl (C=O) groups excluding carboxylic acids is 1. The zero-order chi connectivity index (χ0) is 24.7. The number of fused-ring (bicyclic) bond motifs is 2. The molecule has 6 rings (SSSR count). The standard InChI is InChI=1S/C23H27N5O8/c29-18(8-23(9-19(30)31)5-1-2-6-23)24-14-10-32-21-15(11-33-20(14)21)28-22(25-26-27-28)36-13-3-4-16-17(7-13)35-12-34-16/h3-4,7,14-15,20-21H,1-2,5-6,8-12H2,(H,24,29)(H,30,31)/t14-,15+,20-,21+/m0/s1. The fourth-order valence-corrected chi connectivity index (χ4v) is 5.78. The van der Waals surface area contributed by atoms with Gasteiger partial charge in [-0.1, -0.05) is 17.9 Å². The molecule has 192 valence electrons.